The van der Waals surface area contributed by atoms with Crippen LogP contribution in [0.5, 0.6) is 0 Å². The molecule has 0 spiro atoms. The van der Waals surface area contributed by atoms with Crippen LogP contribution in [0.1, 0.15) is 24.4 Å². The van der Waals surface area contributed by atoms with Gasteiger partial charge < -0.3 is 5.43 Å². The lowest BCUT2D eigenvalue weighted by Crippen LogP contribution is -2.24. The van der Waals surface area contributed by atoms with Gasteiger partial charge in [0, 0.05) is 30.2 Å². The Morgan fingerprint density at radius 3 is 3.00 bits per heavy atom. The quantitative estimate of drug-likeness (QED) is 0.614. The van der Waals surface area contributed by atoms with Gasteiger partial charge in [-0.25, -0.2) is 15.6 Å². The Kier molecular flexibility index (Phi) is 2.64. The monoisotopic (exact) mass is 245 g/mol. The highest BCUT2D eigenvalue weighted by atomic mass is 16.1. The molecule has 6 nitrogen and oxygen atoms in total. The number of nitrogens with one attached hydrogen (secondary N) is 1. The van der Waals surface area contributed by atoms with Crippen LogP contribution in [0.15, 0.2) is 35.5 Å². The van der Waals surface area contributed by atoms with E-state index in [1.165, 1.54) is 0 Å². The van der Waals surface area contributed by atoms with Crippen molar-refractivity contribution in [3.63, 3.8) is 0 Å². The van der Waals surface area contributed by atoms with Gasteiger partial charge in [0.2, 0.25) is 0 Å². The van der Waals surface area contributed by atoms with Gasteiger partial charge in [0.1, 0.15) is 5.82 Å². The molecule has 3 rings (SSSR count). The van der Waals surface area contributed by atoms with E-state index in [9.17, 15) is 4.79 Å². The molecule has 0 bridgehead atoms. The number of hydrogen-bond donors (Lipinski definition) is 2. The van der Waals surface area contributed by atoms with E-state index in [1.54, 1.807) is 15.3 Å². The summed E-state index contributed by atoms with van der Waals surface area (Å²) >= 11 is 0. The number of hydrogen-bond acceptors (Lipinski definition) is 4. The van der Waals surface area contributed by atoms with E-state index in [0.29, 0.717) is 18.4 Å². The van der Waals surface area contributed by atoms with Gasteiger partial charge >= 0.3 is 5.69 Å². The second-order valence-corrected chi connectivity index (χ2v) is 4.50. The Bertz CT molecular complexity index is 611. The Hall–Kier alpha value is -2.08. The maximum Gasteiger partial charge on any atom is 0.328 e. The van der Waals surface area contributed by atoms with Crippen LogP contribution < -0.4 is 17.0 Å². The molecule has 1 fully saturated rings. The largest absolute Gasteiger partial charge is 0.328 e. The van der Waals surface area contributed by atoms with Gasteiger partial charge in [0.25, 0.3) is 0 Å². The zero-order valence-electron chi connectivity index (χ0n) is 9.91. The molecule has 18 heavy (non-hydrogen) atoms. The van der Waals surface area contributed by atoms with E-state index < -0.39 is 0 Å². The second kappa shape index (κ2) is 4.30. The number of pyridine rings is 1. The van der Waals surface area contributed by atoms with E-state index in [4.69, 9.17) is 5.84 Å². The van der Waals surface area contributed by atoms with Gasteiger partial charge in [-0.3, -0.25) is 9.13 Å². The van der Waals surface area contributed by atoms with Gasteiger partial charge in [-0.1, -0.05) is 6.07 Å². The third kappa shape index (κ3) is 1.91. The molecule has 0 aromatic carbocycles. The number of hydrazine groups is 1. The zero-order valence-corrected chi connectivity index (χ0v) is 9.91. The van der Waals surface area contributed by atoms with Crippen molar-refractivity contribution < 1.29 is 0 Å². The molecule has 1 aliphatic carbocycles. The summed E-state index contributed by atoms with van der Waals surface area (Å²) in [6.07, 6.45) is 7.54. The van der Waals surface area contributed by atoms with Crippen molar-refractivity contribution >= 4 is 5.82 Å². The Morgan fingerprint density at radius 2 is 2.28 bits per heavy atom. The molecule has 0 aliphatic heterocycles. The molecule has 0 amide bonds. The molecule has 0 saturated heterocycles. The van der Waals surface area contributed by atoms with Crippen LogP contribution >= 0.6 is 0 Å². The maximum absolute atomic E-state index is 12.1. The molecule has 0 atom stereocenters. The molecule has 2 aromatic heterocycles. The molecule has 6 heteroatoms. The number of rotatable bonds is 4. The summed E-state index contributed by atoms with van der Waals surface area (Å²) < 4.78 is 3.47. The number of nitrogen functional groups attached to an aromatic ring is 1. The number of imidazole rings is 1. The third-order valence-electron chi connectivity index (χ3n) is 3.18. The molecule has 2 heterocycles. The predicted octanol–water partition coefficient (Wildman–Crippen LogP) is 0.714. The van der Waals surface area contributed by atoms with Gasteiger partial charge in [0.05, 0.1) is 6.54 Å². The van der Waals surface area contributed by atoms with Crippen molar-refractivity contribution in [1.82, 2.24) is 14.1 Å². The van der Waals surface area contributed by atoms with Gasteiger partial charge in [-0.05, 0) is 18.9 Å². The fourth-order valence-electron chi connectivity index (χ4n) is 2.06. The normalized spacial score (nSPS) is 14.7. The lowest BCUT2D eigenvalue weighted by molar-refractivity contribution is 0.656. The summed E-state index contributed by atoms with van der Waals surface area (Å²) in [6, 6.07) is 4.14. The molecule has 0 unspecified atom stereocenters. The summed E-state index contributed by atoms with van der Waals surface area (Å²) in [5, 5.41) is 0. The predicted molar refractivity (Wildman–Crippen MR) is 68.1 cm³/mol. The van der Waals surface area contributed by atoms with Crippen LogP contribution in [-0.4, -0.2) is 14.1 Å². The number of anilines is 1. The minimum absolute atomic E-state index is 0.0318. The van der Waals surface area contributed by atoms with Crippen molar-refractivity contribution in [2.24, 2.45) is 5.84 Å². The lowest BCUT2D eigenvalue weighted by atomic mass is 10.2. The van der Waals surface area contributed by atoms with E-state index in [-0.39, 0.29) is 5.69 Å². The number of aromatic nitrogens is 3. The van der Waals surface area contributed by atoms with Crippen LogP contribution in [0.4, 0.5) is 5.82 Å². The van der Waals surface area contributed by atoms with Crippen molar-refractivity contribution in [2.45, 2.75) is 25.4 Å². The van der Waals surface area contributed by atoms with E-state index in [0.717, 1.165) is 18.4 Å². The summed E-state index contributed by atoms with van der Waals surface area (Å²) in [6.45, 7) is 0.478. The molecular weight excluding hydrogens is 230 g/mol. The Balaban J connectivity index is 1.90. The van der Waals surface area contributed by atoms with E-state index in [1.807, 2.05) is 24.5 Å². The first-order valence-corrected chi connectivity index (χ1v) is 5.97. The molecule has 1 saturated carbocycles. The molecule has 94 valence electrons. The SMILES string of the molecule is NNc1ncccc1Cn1ccn(C2CC2)c1=O. The van der Waals surface area contributed by atoms with Crippen molar-refractivity contribution in [2.75, 3.05) is 5.43 Å². The standard InChI is InChI=1S/C12H15N5O/c13-15-11-9(2-1-5-14-11)8-16-6-7-17(12(16)18)10-3-4-10/h1-2,5-7,10H,3-4,8,13H2,(H,14,15). The van der Waals surface area contributed by atoms with E-state index in [2.05, 4.69) is 10.4 Å². The van der Waals surface area contributed by atoms with Crippen molar-refractivity contribution in [1.29, 1.82) is 0 Å². The van der Waals surface area contributed by atoms with Crippen LogP contribution in [0.3, 0.4) is 0 Å². The zero-order chi connectivity index (χ0) is 12.5. The fraction of sp³-hybridized carbons (Fsp3) is 0.333. The summed E-state index contributed by atoms with van der Waals surface area (Å²) in [5.74, 6) is 6.00. The summed E-state index contributed by atoms with van der Waals surface area (Å²) in [5.41, 5.74) is 3.47. The van der Waals surface area contributed by atoms with Crippen LogP contribution in [-0.2, 0) is 6.54 Å². The van der Waals surface area contributed by atoms with Gasteiger partial charge in [-0.2, -0.15) is 0 Å². The van der Waals surface area contributed by atoms with Gasteiger partial charge in [-0.15, -0.1) is 0 Å². The summed E-state index contributed by atoms with van der Waals surface area (Å²) in [7, 11) is 0. The molecule has 0 radical (unpaired) electrons. The first kappa shape index (κ1) is 11.0. The Morgan fingerprint density at radius 1 is 1.44 bits per heavy atom. The highest BCUT2D eigenvalue weighted by molar-refractivity contribution is 5.42. The van der Waals surface area contributed by atoms with Crippen molar-refractivity contribution in [3.8, 4) is 0 Å². The van der Waals surface area contributed by atoms with Crippen molar-refractivity contribution in [3.05, 3.63) is 46.8 Å². The second-order valence-electron chi connectivity index (χ2n) is 4.50. The first-order valence-electron chi connectivity index (χ1n) is 5.97. The summed E-state index contributed by atoms with van der Waals surface area (Å²) in [4.78, 5) is 16.2. The van der Waals surface area contributed by atoms with Gasteiger partial charge in [0.15, 0.2) is 0 Å². The van der Waals surface area contributed by atoms with E-state index >= 15 is 0 Å². The van der Waals surface area contributed by atoms with Crippen LogP contribution in [0.25, 0.3) is 0 Å². The highest BCUT2D eigenvalue weighted by Crippen LogP contribution is 2.33. The average Bonchev–Trinajstić information content (AvgIpc) is 3.17. The van der Waals surface area contributed by atoms with Crippen LogP contribution in [0.2, 0.25) is 0 Å². The Labute approximate surface area is 104 Å². The number of nitrogens with two attached hydrogens (primary N) is 1. The fourth-order valence-corrected chi connectivity index (χ4v) is 2.06. The van der Waals surface area contributed by atoms with Crippen LogP contribution in [0, 0.1) is 0 Å². The first-order chi connectivity index (χ1) is 8.79. The molecule has 2 aromatic rings. The average molecular weight is 245 g/mol. The molecular formula is C12H15N5O. The topological polar surface area (TPSA) is 77.9 Å². The lowest BCUT2D eigenvalue weighted by Gasteiger charge is -2.07. The third-order valence-corrected chi connectivity index (χ3v) is 3.18. The minimum atomic E-state index is 0.0318. The molecule has 3 N–H and O–H groups in total. The molecule has 1 aliphatic rings. The highest BCUT2D eigenvalue weighted by Gasteiger charge is 2.25. The minimum Gasteiger partial charge on any atom is -0.308 e. The number of nitrogens with zero attached hydrogens (tertiary/aromatic N) is 3. The smallest absolute Gasteiger partial charge is 0.308 e. The maximum atomic E-state index is 12.1.